The highest BCUT2D eigenvalue weighted by molar-refractivity contribution is 5.97. The van der Waals surface area contributed by atoms with Gasteiger partial charge in [-0.05, 0) is 41.8 Å². The summed E-state index contributed by atoms with van der Waals surface area (Å²) in [6.07, 6.45) is 3.47. The standard InChI is InChI=1S/C19H20N4O3/c1-14-10-17(18(24)11-21-12-19(20-13-21)23(25)26)15(2)22(14)9-8-16-6-4-3-5-7-16/h3-7,10,12-13H,8-9,11H2,1-2H3. The third-order valence-electron chi connectivity index (χ3n) is 4.47. The SMILES string of the molecule is Cc1cc(C(=O)Cn2cnc([N+](=O)[O-])c2)c(C)n1CCc1ccccc1. The Morgan fingerprint density at radius 1 is 1.23 bits per heavy atom. The first-order valence-corrected chi connectivity index (χ1v) is 8.35. The number of Topliss-reactive ketones (excluding diaryl/α,β-unsaturated/α-hetero) is 1. The molecule has 0 spiro atoms. The van der Waals surface area contributed by atoms with Crippen LogP contribution in [0, 0.1) is 24.0 Å². The minimum absolute atomic E-state index is 0.0316. The Morgan fingerprint density at radius 3 is 2.62 bits per heavy atom. The Labute approximate surface area is 151 Å². The predicted molar refractivity (Wildman–Crippen MR) is 97.3 cm³/mol. The molecule has 0 aliphatic rings. The lowest BCUT2D eigenvalue weighted by Crippen LogP contribution is -2.11. The van der Waals surface area contributed by atoms with Gasteiger partial charge in [-0.2, -0.15) is 0 Å². The number of hydrogen-bond acceptors (Lipinski definition) is 4. The number of aryl methyl sites for hydroxylation is 2. The van der Waals surface area contributed by atoms with Crippen LogP contribution in [0.5, 0.6) is 0 Å². The maximum absolute atomic E-state index is 12.6. The molecule has 134 valence electrons. The summed E-state index contributed by atoms with van der Waals surface area (Å²) in [7, 11) is 0. The summed E-state index contributed by atoms with van der Waals surface area (Å²) in [5.74, 6) is -0.345. The minimum Gasteiger partial charge on any atom is -0.358 e. The average Bonchev–Trinajstić information content (AvgIpc) is 3.19. The Morgan fingerprint density at radius 2 is 1.96 bits per heavy atom. The number of rotatable bonds is 7. The van der Waals surface area contributed by atoms with Gasteiger partial charge in [-0.1, -0.05) is 30.3 Å². The van der Waals surface area contributed by atoms with E-state index in [0.29, 0.717) is 5.56 Å². The molecule has 2 aromatic heterocycles. The quantitative estimate of drug-likeness (QED) is 0.371. The van der Waals surface area contributed by atoms with Crippen molar-refractivity contribution in [1.82, 2.24) is 14.1 Å². The van der Waals surface area contributed by atoms with Crippen molar-refractivity contribution >= 4 is 11.6 Å². The molecule has 0 radical (unpaired) electrons. The molecule has 1 aromatic carbocycles. The Kier molecular flexibility index (Phi) is 4.97. The fourth-order valence-corrected chi connectivity index (χ4v) is 3.09. The van der Waals surface area contributed by atoms with Crippen molar-refractivity contribution in [3.05, 3.63) is 81.6 Å². The molecule has 0 fully saturated rings. The summed E-state index contributed by atoms with van der Waals surface area (Å²) in [6.45, 7) is 4.74. The van der Waals surface area contributed by atoms with Crippen LogP contribution in [0.25, 0.3) is 0 Å². The summed E-state index contributed by atoms with van der Waals surface area (Å²) >= 11 is 0. The van der Waals surface area contributed by atoms with E-state index in [1.807, 2.05) is 38.1 Å². The zero-order chi connectivity index (χ0) is 18.7. The largest absolute Gasteiger partial charge is 0.381 e. The molecule has 0 amide bonds. The molecule has 2 heterocycles. The van der Waals surface area contributed by atoms with Gasteiger partial charge < -0.3 is 19.2 Å². The second-order valence-electron chi connectivity index (χ2n) is 6.26. The van der Waals surface area contributed by atoms with E-state index >= 15 is 0 Å². The van der Waals surface area contributed by atoms with Crippen LogP contribution < -0.4 is 0 Å². The van der Waals surface area contributed by atoms with Crippen LogP contribution in [-0.4, -0.2) is 24.8 Å². The molecule has 0 aliphatic heterocycles. The van der Waals surface area contributed by atoms with Crippen LogP contribution in [-0.2, 0) is 19.5 Å². The lowest BCUT2D eigenvalue weighted by molar-refractivity contribution is -0.389. The number of benzene rings is 1. The van der Waals surface area contributed by atoms with Crippen molar-refractivity contribution in [3.63, 3.8) is 0 Å². The molecule has 0 aliphatic carbocycles. The second kappa shape index (κ2) is 7.35. The molecular formula is C19H20N4O3. The summed E-state index contributed by atoms with van der Waals surface area (Å²) in [5, 5.41) is 10.7. The molecule has 0 N–H and O–H groups in total. The lowest BCUT2D eigenvalue weighted by Gasteiger charge is -2.10. The molecular weight excluding hydrogens is 332 g/mol. The highest BCUT2D eigenvalue weighted by Crippen LogP contribution is 2.18. The zero-order valence-electron chi connectivity index (χ0n) is 14.8. The van der Waals surface area contributed by atoms with Crippen molar-refractivity contribution in [1.29, 1.82) is 0 Å². The van der Waals surface area contributed by atoms with E-state index in [1.165, 1.54) is 22.7 Å². The molecule has 3 rings (SSSR count). The fourth-order valence-electron chi connectivity index (χ4n) is 3.09. The highest BCUT2D eigenvalue weighted by Gasteiger charge is 2.18. The number of ketones is 1. The van der Waals surface area contributed by atoms with Crippen molar-refractivity contribution in [3.8, 4) is 0 Å². The van der Waals surface area contributed by atoms with Gasteiger partial charge in [0.05, 0.1) is 6.54 Å². The van der Waals surface area contributed by atoms with Crippen LogP contribution in [0.1, 0.15) is 27.3 Å². The summed E-state index contributed by atoms with van der Waals surface area (Å²) in [4.78, 5) is 26.4. The van der Waals surface area contributed by atoms with Crippen LogP contribution in [0.2, 0.25) is 0 Å². The first kappa shape index (κ1) is 17.6. The van der Waals surface area contributed by atoms with E-state index in [-0.39, 0.29) is 18.1 Å². The van der Waals surface area contributed by atoms with Crippen molar-refractivity contribution in [2.75, 3.05) is 0 Å². The van der Waals surface area contributed by atoms with Crippen molar-refractivity contribution in [2.45, 2.75) is 33.4 Å². The van der Waals surface area contributed by atoms with E-state index in [1.54, 1.807) is 0 Å². The van der Waals surface area contributed by atoms with E-state index in [4.69, 9.17) is 0 Å². The number of imidazole rings is 1. The molecule has 26 heavy (non-hydrogen) atoms. The minimum atomic E-state index is -0.573. The predicted octanol–water partition coefficient (Wildman–Crippen LogP) is 3.34. The molecule has 0 unspecified atom stereocenters. The molecule has 0 saturated carbocycles. The van der Waals surface area contributed by atoms with Crippen LogP contribution in [0.4, 0.5) is 5.82 Å². The van der Waals surface area contributed by atoms with Gasteiger partial charge in [0.25, 0.3) is 0 Å². The number of carbonyl (C=O) groups is 1. The number of hydrogen-bond donors (Lipinski definition) is 0. The maximum atomic E-state index is 12.6. The van der Waals surface area contributed by atoms with Gasteiger partial charge in [0.15, 0.2) is 5.78 Å². The highest BCUT2D eigenvalue weighted by atomic mass is 16.6. The Bertz CT molecular complexity index is 941. The van der Waals surface area contributed by atoms with Gasteiger partial charge in [-0.15, -0.1) is 0 Å². The number of nitrogens with zero attached hydrogens (tertiary/aromatic N) is 4. The smallest absolute Gasteiger partial charge is 0.358 e. The topological polar surface area (TPSA) is 83.0 Å². The zero-order valence-corrected chi connectivity index (χ0v) is 14.8. The maximum Gasteiger partial charge on any atom is 0.381 e. The number of nitro groups is 1. The van der Waals surface area contributed by atoms with Gasteiger partial charge in [0.1, 0.15) is 6.20 Å². The summed E-state index contributed by atoms with van der Waals surface area (Å²) in [6, 6.07) is 12.1. The van der Waals surface area contributed by atoms with E-state index in [0.717, 1.165) is 24.4 Å². The van der Waals surface area contributed by atoms with Gasteiger partial charge in [-0.25, -0.2) is 0 Å². The van der Waals surface area contributed by atoms with Crippen molar-refractivity contribution in [2.24, 2.45) is 0 Å². The normalized spacial score (nSPS) is 10.8. The Hall–Kier alpha value is -3.22. The lowest BCUT2D eigenvalue weighted by atomic mass is 10.1. The fraction of sp³-hybridized carbons (Fsp3) is 0.263. The Balaban J connectivity index is 1.73. The van der Waals surface area contributed by atoms with Gasteiger partial charge in [0, 0.05) is 23.5 Å². The third-order valence-corrected chi connectivity index (χ3v) is 4.47. The summed E-state index contributed by atoms with van der Waals surface area (Å²) < 4.78 is 3.58. The number of aromatic nitrogens is 3. The molecule has 0 saturated heterocycles. The van der Waals surface area contributed by atoms with E-state index in [9.17, 15) is 14.9 Å². The van der Waals surface area contributed by atoms with Crippen LogP contribution in [0.3, 0.4) is 0 Å². The monoisotopic (exact) mass is 352 g/mol. The van der Waals surface area contributed by atoms with E-state index in [2.05, 4.69) is 21.7 Å². The molecule has 0 atom stereocenters. The average molecular weight is 352 g/mol. The van der Waals surface area contributed by atoms with Crippen LogP contribution >= 0.6 is 0 Å². The molecule has 0 bridgehead atoms. The van der Waals surface area contributed by atoms with Crippen molar-refractivity contribution < 1.29 is 9.72 Å². The third kappa shape index (κ3) is 3.72. The molecule has 7 nitrogen and oxygen atoms in total. The first-order valence-electron chi connectivity index (χ1n) is 8.35. The van der Waals surface area contributed by atoms with Gasteiger partial charge >= 0.3 is 5.82 Å². The molecule has 7 heteroatoms. The van der Waals surface area contributed by atoms with Gasteiger partial charge in [0.2, 0.25) is 6.33 Å². The first-order chi connectivity index (χ1) is 12.5. The second-order valence-corrected chi connectivity index (χ2v) is 6.26. The van der Waals surface area contributed by atoms with Crippen LogP contribution in [0.15, 0.2) is 48.9 Å². The number of carbonyl (C=O) groups excluding carboxylic acids is 1. The van der Waals surface area contributed by atoms with E-state index < -0.39 is 4.92 Å². The molecule has 3 aromatic rings. The van der Waals surface area contributed by atoms with Gasteiger partial charge in [-0.3, -0.25) is 4.79 Å². The summed E-state index contributed by atoms with van der Waals surface area (Å²) in [5.41, 5.74) is 3.84.